The fourth-order valence-corrected chi connectivity index (χ4v) is 1.74. The van der Waals surface area contributed by atoms with Gasteiger partial charge in [-0.25, -0.2) is 0 Å². The lowest BCUT2D eigenvalue weighted by Crippen LogP contribution is -2.42. The Balaban J connectivity index is 2.80. The molecule has 0 aromatic heterocycles. The highest BCUT2D eigenvalue weighted by Gasteiger charge is 2.22. The van der Waals surface area contributed by atoms with Crippen LogP contribution >= 0.6 is 0 Å². The number of hydrogen-bond donors (Lipinski definition) is 2. The van der Waals surface area contributed by atoms with E-state index in [1.165, 1.54) is 0 Å². The van der Waals surface area contributed by atoms with Gasteiger partial charge in [-0.05, 0) is 38.5 Å². The normalized spacial score (nSPS) is 13.0. The van der Waals surface area contributed by atoms with Crippen LogP contribution in [0.15, 0.2) is 24.3 Å². The van der Waals surface area contributed by atoms with Gasteiger partial charge in [0.25, 0.3) is 0 Å². The Hall–Kier alpha value is -1.55. The first-order chi connectivity index (χ1) is 7.91. The number of anilines is 1. The molecular weight excluding hydrogens is 216 g/mol. The van der Waals surface area contributed by atoms with Crippen molar-refractivity contribution in [2.45, 2.75) is 39.4 Å². The molecular formula is C13H20N2O2. The maximum atomic E-state index is 11.0. The topological polar surface area (TPSA) is 66.6 Å². The molecule has 0 aliphatic heterocycles. The number of nitrogens with zero attached hydrogens (tertiary/aromatic N) is 1. The number of aliphatic carboxylic acids is 1. The zero-order valence-corrected chi connectivity index (χ0v) is 10.6. The molecule has 0 radical (unpaired) electrons. The predicted octanol–water partition coefficient (Wildman–Crippen LogP) is 1.95. The monoisotopic (exact) mass is 236 g/mol. The smallest absolute Gasteiger partial charge is 0.320 e. The first-order valence-electron chi connectivity index (χ1n) is 5.74. The summed E-state index contributed by atoms with van der Waals surface area (Å²) < 4.78 is 0. The van der Waals surface area contributed by atoms with Gasteiger partial charge in [-0.3, -0.25) is 9.69 Å². The molecule has 1 rings (SSSR count). The predicted molar refractivity (Wildman–Crippen MR) is 68.6 cm³/mol. The summed E-state index contributed by atoms with van der Waals surface area (Å²) >= 11 is 0. The molecule has 0 heterocycles. The minimum Gasteiger partial charge on any atom is -0.480 e. The van der Waals surface area contributed by atoms with Crippen LogP contribution in [0, 0.1) is 0 Å². The molecule has 17 heavy (non-hydrogen) atoms. The van der Waals surface area contributed by atoms with Crippen LogP contribution in [0.5, 0.6) is 0 Å². The van der Waals surface area contributed by atoms with Gasteiger partial charge in [0.2, 0.25) is 0 Å². The SMILES string of the molecule is CC(C)N(Cc1ccc(N)cc1)C(C)C(=O)O. The van der Waals surface area contributed by atoms with Crippen LogP contribution < -0.4 is 5.73 Å². The van der Waals surface area contributed by atoms with E-state index in [4.69, 9.17) is 10.8 Å². The maximum Gasteiger partial charge on any atom is 0.320 e. The highest BCUT2D eigenvalue weighted by atomic mass is 16.4. The van der Waals surface area contributed by atoms with E-state index in [1.54, 1.807) is 6.92 Å². The molecule has 0 bridgehead atoms. The lowest BCUT2D eigenvalue weighted by molar-refractivity contribution is -0.143. The molecule has 3 N–H and O–H groups in total. The van der Waals surface area contributed by atoms with E-state index in [0.717, 1.165) is 11.3 Å². The third-order valence-electron chi connectivity index (χ3n) is 2.86. The summed E-state index contributed by atoms with van der Waals surface area (Å²) in [6, 6.07) is 7.21. The van der Waals surface area contributed by atoms with Crippen molar-refractivity contribution >= 4 is 11.7 Å². The number of carbonyl (C=O) groups is 1. The number of hydrogen-bond acceptors (Lipinski definition) is 3. The van der Waals surface area contributed by atoms with Crippen LogP contribution in [0.1, 0.15) is 26.3 Å². The Kier molecular flexibility index (Phi) is 4.52. The zero-order valence-electron chi connectivity index (χ0n) is 10.6. The molecule has 0 fully saturated rings. The number of nitrogens with two attached hydrogens (primary N) is 1. The minimum atomic E-state index is -0.797. The fraction of sp³-hybridized carbons (Fsp3) is 0.462. The third kappa shape index (κ3) is 3.75. The molecule has 94 valence electrons. The van der Waals surface area contributed by atoms with E-state index in [-0.39, 0.29) is 6.04 Å². The highest BCUT2D eigenvalue weighted by Crippen LogP contribution is 2.14. The van der Waals surface area contributed by atoms with Gasteiger partial charge in [-0.15, -0.1) is 0 Å². The summed E-state index contributed by atoms with van der Waals surface area (Å²) in [6.07, 6.45) is 0. The van der Waals surface area contributed by atoms with E-state index in [2.05, 4.69) is 0 Å². The van der Waals surface area contributed by atoms with Crippen LogP contribution in [-0.2, 0) is 11.3 Å². The van der Waals surface area contributed by atoms with E-state index in [1.807, 2.05) is 43.0 Å². The second-order valence-electron chi connectivity index (χ2n) is 4.52. The van der Waals surface area contributed by atoms with Crippen molar-refractivity contribution in [3.63, 3.8) is 0 Å². The van der Waals surface area contributed by atoms with Gasteiger partial charge in [-0.1, -0.05) is 12.1 Å². The molecule has 0 saturated carbocycles. The number of carboxylic acid groups (broad SMARTS) is 1. The van der Waals surface area contributed by atoms with E-state index in [9.17, 15) is 4.79 Å². The Morgan fingerprint density at radius 3 is 2.24 bits per heavy atom. The number of nitrogen functional groups attached to an aromatic ring is 1. The van der Waals surface area contributed by atoms with E-state index in [0.29, 0.717) is 6.54 Å². The van der Waals surface area contributed by atoms with Crippen molar-refractivity contribution < 1.29 is 9.90 Å². The van der Waals surface area contributed by atoms with E-state index >= 15 is 0 Å². The molecule has 0 saturated heterocycles. The average Bonchev–Trinajstić information content (AvgIpc) is 2.26. The highest BCUT2D eigenvalue weighted by molar-refractivity contribution is 5.72. The van der Waals surface area contributed by atoms with Crippen molar-refractivity contribution in [3.05, 3.63) is 29.8 Å². The first kappa shape index (κ1) is 13.5. The van der Waals surface area contributed by atoms with Gasteiger partial charge < -0.3 is 10.8 Å². The molecule has 0 amide bonds. The largest absolute Gasteiger partial charge is 0.480 e. The standard InChI is InChI=1S/C13H20N2O2/c1-9(2)15(10(3)13(16)17)8-11-4-6-12(14)7-5-11/h4-7,9-10H,8,14H2,1-3H3,(H,16,17). The van der Waals surface area contributed by atoms with Crippen molar-refractivity contribution in [2.75, 3.05) is 5.73 Å². The molecule has 1 unspecified atom stereocenters. The lowest BCUT2D eigenvalue weighted by atomic mass is 10.1. The van der Waals surface area contributed by atoms with Crippen LogP contribution in [0.4, 0.5) is 5.69 Å². The second kappa shape index (κ2) is 5.68. The minimum absolute atomic E-state index is 0.179. The quantitative estimate of drug-likeness (QED) is 0.767. The molecule has 1 atom stereocenters. The fourth-order valence-electron chi connectivity index (χ4n) is 1.74. The number of benzene rings is 1. The van der Waals surface area contributed by atoms with Crippen LogP contribution in [0.25, 0.3) is 0 Å². The lowest BCUT2D eigenvalue weighted by Gasteiger charge is -2.30. The van der Waals surface area contributed by atoms with Crippen molar-refractivity contribution in [2.24, 2.45) is 0 Å². The zero-order chi connectivity index (χ0) is 13.0. The van der Waals surface area contributed by atoms with Crippen LogP contribution in [-0.4, -0.2) is 28.1 Å². The molecule has 1 aromatic carbocycles. The number of carboxylic acids is 1. The molecule has 4 heteroatoms. The number of rotatable bonds is 5. The van der Waals surface area contributed by atoms with Gasteiger partial charge in [0.1, 0.15) is 6.04 Å². The van der Waals surface area contributed by atoms with E-state index < -0.39 is 12.0 Å². The molecule has 1 aromatic rings. The summed E-state index contributed by atoms with van der Waals surface area (Å²) in [5.41, 5.74) is 7.41. The van der Waals surface area contributed by atoms with Crippen LogP contribution in [0.2, 0.25) is 0 Å². The van der Waals surface area contributed by atoms with Gasteiger partial charge >= 0.3 is 5.97 Å². The van der Waals surface area contributed by atoms with Crippen LogP contribution in [0.3, 0.4) is 0 Å². The summed E-state index contributed by atoms with van der Waals surface area (Å²) in [7, 11) is 0. The Bertz CT molecular complexity index is 374. The summed E-state index contributed by atoms with van der Waals surface area (Å²) in [5.74, 6) is -0.797. The molecule has 0 aliphatic rings. The first-order valence-corrected chi connectivity index (χ1v) is 5.74. The third-order valence-corrected chi connectivity index (χ3v) is 2.86. The second-order valence-corrected chi connectivity index (χ2v) is 4.52. The summed E-state index contributed by atoms with van der Waals surface area (Å²) in [4.78, 5) is 13.0. The van der Waals surface area contributed by atoms with Gasteiger partial charge in [0, 0.05) is 18.3 Å². The van der Waals surface area contributed by atoms with Crippen molar-refractivity contribution in [1.82, 2.24) is 4.90 Å². The average molecular weight is 236 g/mol. The van der Waals surface area contributed by atoms with Gasteiger partial charge in [-0.2, -0.15) is 0 Å². The molecule has 0 aliphatic carbocycles. The maximum absolute atomic E-state index is 11.0. The van der Waals surface area contributed by atoms with Gasteiger partial charge in [0.15, 0.2) is 0 Å². The molecule has 4 nitrogen and oxygen atoms in total. The Labute approximate surface area is 102 Å². The Morgan fingerprint density at radius 1 is 1.29 bits per heavy atom. The van der Waals surface area contributed by atoms with Gasteiger partial charge in [0.05, 0.1) is 0 Å². The molecule has 0 spiro atoms. The summed E-state index contributed by atoms with van der Waals surface area (Å²) in [5, 5.41) is 9.06. The Morgan fingerprint density at radius 2 is 1.82 bits per heavy atom. The van der Waals surface area contributed by atoms with Crippen molar-refractivity contribution in [3.8, 4) is 0 Å². The summed E-state index contributed by atoms with van der Waals surface area (Å²) in [6.45, 7) is 6.32. The van der Waals surface area contributed by atoms with Crippen molar-refractivity contribution in [1.29, 1.82) is 0 Å².